The van der Waals surface area contributed by atoms with Gasteiger partial charge in [-0.2, -0.15) is 0 Å². The van der Waals surface area contributed by atoms with E-state index < -0.39 is 0 Å². The second-order valence-corrected chi connectivity index (χ2v) is 6.39. The van der Waals surface area contributed by atoms with Crippen molar-refractivity contribution in [1.29, 1.82) is 0 Å². The van der Waals surface area contributed by atoms with E-state index in [2.05, 4.69) is 16.0 Å². The molecule has 0 saturated carbocycles. The second-order valence-electron chi connectivity index (χ2n) is 6.39. The molecule has 2 amide bonds. The summed E-state index contributed by atoms with van der Waals surface area (Å²) in [5.74, 6) is -0.237. The summed E-state index contributed by atoms with van der Waals surface area (Å²) >= 11 is 0. The SMILES string of the molecule is Cc1cccc(C)c1NC(=O)CNc1cccc(NC(=O)C(C)C)c1. The van der Waals surface area contributed by atoms with Crippen molar-refractivity contribution in [2.24, 2.45) is 5.92 Å². The molecule has 0 radical (unpaired) electrons. The number of rotatable bonds is 6. The standard InChI is InChI=1S/C20H25N3O2/c1-13(2)20(25)22-17-10-6-9-16(11-17)21-12-18(24)23-19-14(3)7-5-8-15(19)4/h5-11,13,21H,12H2,1-4H3,(H,22,25)(H,23,24). The van der Waals surface area contributed by atoms with Gasteiger partial charge in [0.05, 0.1) is 6.54 Å². The molecule has 3 N–H and O–H groups in total. The van der Waals surface area contributed by atoms with Gasteiger partial charge in [0.2, 0.25) is 11.8 Å². The average molecular weight is 339 g/mol. The first-order chi connectivity index (χ1) is 11.9. The number of carbonyl (C=O) groups is 2. The van der Waals surface area contributed by atoms with E-state index in [0.717, 1.165) is 22.5 Å². The van der Waals surface area contributed by atoms with Crippen LogP contribution in [0.1, 0.15) is 25.0 Å². The molecule has 0 aliphatic rings. The summed E-state index contributed by atoms with van der Waals surface area (Å²) in [7, 11) is 0. The van der Waals surface area contributed by atoms with Gasteiger partial charge in [0.1, 0.15) is 0 Å². The Morgan fingerprint density at radius 3 is 2.16 bits per heavy atom. The molecule has 2 aromatic rings. The predicted molar refractivity (Wildman–Crippen MR) is 103 cm³/mol. The van der Waals surface area contributed by atoms with Crippen LogP contribution < -0.4 is 16.0 Å². The normalized spacial score (nSPS) is 10.4. The van der Waals surface area contributed by atoms with E-state index in [-0.39, 0.29) is 24.3 Å². The lowest BCUT2D eigenvalue weighted by atomic mass is 10.1. The van der Waals surface area contributed by atoms with Gasteiger partial charge in [-0.3, -0.25) is 9.59 Å². The lowest BCUT2D eigenvalue weighted by Gasteiger charge is -2.13. The van der Waals surface area contributed by atoms with Crippen molar-refractivity contribution in [3.8, 4) is 0 Å². The predicted octanol–water partition coefficient (Wildman–Crippen LogP) is 3.95. The van der Waals surface area contributed by atoms with Gasteiger partial charge in [-0.05, 0) is 43.2 Å². The monoisotopic (exact) mass is 339 g/mol. The highest BCUT2D eigenvalue weighted by Crippen LogP contribution is 2.19. The van der Waals surface area contributed by atoms with E-state index in [4.69, 9.17) is 0 Å². The largest absolute Gasteiger partial charge is 0.376 e. The summed E-state index contributed by atoms with van der Waals surface area (Å²) < 4.78 is 0. The molecule has 132 valence electrons. The number of hydrogen-bond donors (Lipinski definition) is 3. The van der Waals surface area contributed by atoms with Gasteiger partial charge < -0.3 is 16.0 Å². The van der Waals surface area contributed by atoms with Gasteiger partial charge in [0, 0.05) is 23.0 Å². The van der Waals surface area contributed by atoms with Crippen LogP contribution in [0.15, 0.2) is 42.5 Å². The smallest absolute Gasteiger partial charge is 0.243 e. The highest BCUT2D eigenvalue weighted by atomic mass is 16.2. The fraction of sp³-hybridized carbons (Fsp3) is 0.300. The Kier molecular flexibility index (Phi) is 6.17. The maximum Gasteiger partial charge on any atom is 0.243 e. The summed E-state index contributed by atoms with van der Waals surface area (Å²) in [6.07, 6.45) is 0. The Morgan fingerprint density at radius 2 is 1.52 bits per heavy atom. The number of carbonyl (C=O) groups excluding carboxylic acids is 2. The lowest BCUT2D eigenvalue weighted by molar-refractivity contribution is -0.119. The number of hydrogen-bond acceptors (Lipinski definition) is 3. The molecule has 0 atom stereocenters. The average Bonchev–Trinajstić information content (AvgIpc) is 2.57. The molecule has 2 rings (SSSR count). The van der Waals surface area contributed by atoms with Crippen LogP contribution in [0.2, 0.25) is 0 Å². The van der Waals surface area contributed by atoms with Gasteiger partial charge in [0.25, 0.3) is 0 Å². The maximum absolute atomic E-state index is 12.2. The minimum Gasteiger partial charge on any atom is -0.376 e. The van der Waals surface area contributed by atoms with Crippen LogP contribution in [0.25, 0.3) is 0 Å². The summed E-state index contributed by atoms with van der Waals surface area (Å²) in [5.41, 5.74) is 4.41. The lowest BCUT2D eigenvalue weighted by Crippen LogP contribution is -2.23. The third kappa shape index (κ3) is 5.35. The molecular formula is C20H25N3O2. The Morgan fingerprint density at radius 1 is 0.920 bits per heavy atom. The molecule has 2 aromatic carbocycles. The van der Waals surface area contributed by atoms with E-state index in [1.807, 2.05) is 70.2 Å². The quantitative estimate of drug-likeness (QED) is 0.746. The first-order valence-electron chi connectivity index (χ1n) is 8.37. The molecular weight excluding hydrogens is 314 g/mol. The van der Waals surface area contributed by atoms with Gasteiger partial charge >= 0.3 is 0 Å². The third-order valence-corrected chi connectivity index (χ3v) is 3.85. The first-order valence-corrected chi connectivity index (χ1v) is 8.37. The van der Waals surface area contributed by atoms with E-state index in [1.54, 1.807) is 0 Å². The van der Waals surface area contributed by atoms with Crippen LogP contribution in [-0.2, 0) is 9.59 Å². The van der Waals surface area contributed by atoms with Crippen LogP contribution in [0.3, 0.4) is 0 Å². The Bertz CT molecular complexity index is 749. The van der Waals surface area contributed by atoms with Crippen molar-refractivity contribution in [1.82, 2.24) is 0 Å². The minimum atomic E-state index is -0.117. The van der Waals surface area contributed by atoms with Crippen molar-refractivity contribution in [3.63, 3.8) is 0 Å². The van der Waals surface area contributed by atoms with Crippen molar-refractivity contribution >= 4 is 28.9 Å². The van der Waals surface area contributed by atoms with E-state index in [9.17, 15) is 9.59 Å². The molecule has 5 nitrogen and oxygen atoms in total. The molecule has 5 heteroatoms. The Balaban J connectivity index is 1.95. The number of aryl methyl sites for hydroxylation is 2. The number of para-hydroxylation sites is 1. The zero-order valence-electron chi connectivity index (χ0n) is 15.1. The molecule has 0 unspecified atom stereocenters. The van der Waals surface area contributed by atoms with Crippen LogP contribution >= 0.6 is 0 Å². The maximum atomic E-state index is 12.2. The number of nitrogens with one attached hydrogen (secondary N) is 3. The van der Waals surface area contributed by atoms with Crippen molar-refractivity contribution in [2.45, 2.75) is 27.7 Å². The second kappa shape index (κ2) is 8.33. The molecule has 0 saturated heterocycles. The minimum absolute atomic E-state index is 0.0371. The first kappa shape index (κ1) is 18.5. The molecule has 0 fully saturated rings. The van der Waals surface area contributed by atoms with Gasteiger partial charge in [0.15, 0.2) is 0 Å². The summed E-state index contributed by atoms with van der Waals surface area (Å²) in [4.78, 5) is 24.0. The van der Waals surface area contributed by atoms with Crippen LogP contribution in [0.4, 0.5) is 17.1 Å². The highest BCUT2D eigenvalue weighted by molar-refractivity contribution is 5.95. The van der Waals surface area contributed by atoms with Crippen molar-refractivity contribution < 1.29 is 9.59 Å². The van der Waals surface area contributed by atoms with E-state index in [1.165, 1.54) is 0 Å². The molecule has 0 aliphatic carbocycles. The Labute approximate surface area is 148 Å². The highest BCUT2D eigenvalue weighted by Gasteiger charge is 2.09. The van der Waals surface area contributed by atoms with Gasteiger partial charge in [-0.1, -0.05) is 38.1 Å². The molecule has 0 heterocycles. The van der Waals surface area contributed by atoms with E-state index in [0.29, 0.717) is 5.69 Å². The topological polar surface area (TPSA) is 70.2 Å². The zero-order chi connectivity index (χ0) is 18.4. The molecule has 0 bridgehead atoms. The van der Waals surface area contributed by atoms with Crippen LogP contribution in [0, 0.1) is 19.8 Å². The molecule has 25 heavy (non-hydrogen) atoms. The fourth-order valence-corrected chi connectivity index (χ4v) is 2.37. The third-order valence-electron chi connectivity index (χ3n) is 3.85. The van der Waals surface area contributed by atoms with Crippen LogP contribution in [-0.4, -0.2) is 18.4 Å². The molecule has 0 aliphatic heterocycles. The Hall–Kier alpha value is -2.82. The summed E-state index contributed by atoms with van der Waals surface area (Å²) in [6, 6.07) is 13.2. The van der Waals surface area contributed by atoms with E-state index >= 15 is 0 Å². The van der Waals surface area contributed by atoms with Gasteiger partial charge in [-0.25, -0.2) is 0 Å². The van der Waals surface area contributed by atoms with Gasteiger partial charge in [-0.15, -0.1) is 0 Å². The summed E-state index contributed by atoms with van der Waals surface area (Å²) in [6.45, 7) is 7.77. The van der Waals surface area contributed by atoms with Crippen molar-refractivity contribution in [2.75, 3.05) is 22.5 Å². The summed E-state index contributed by atoms with van der Waals surface area (Å²) in [5, 5.41) is 8.87. The number of amides is 2. The zero-order valence-corrected chi connectivity index (χ0v) is 15.1. The molecule has 0 spiro atoms. The van der Waals surface area contributed by atoms with Crippen LogP contribution in [0.5, 0.6) is 0 Å². The number of benzene rings is 2. The van der Waals surface area contributed by atoms with Crippen molar-refractivity contribution in [3.05, 3.63) is 53.6 Å². The fourth-order valence-electron chi connectivity index (χ4n) is 2.37. The number of anilines is 3. The molecule has 0 aromatic heterocycles.